The number of carbonyl (C=O) groups is 4. The maximum Gasteiger partial charge on any atom is 0.261 e. The molecule has 0 spiro atoms. The lowest BCUT2D eigenvalue weighted by Crippen LogP contribution is -2.51. The Morgan fingerprint density at radius 1 is 1.32 bits per heavy atom. The molecule has 0 bridgehead atoms. The van der Waals surface area contributed by atoms with Crippen LogP contribution in [0.5, 0.6) is 5.75 Å². The molecular formula is C19H25N3O5S. The van der Waals surface area contributed by atoms with Crippen LogP contribution in [0.4, 0.5) is 0 Å². The largest absolute Gasteiger partial charge is 0.496 e. The van der Waals surface area contributed by atoms with Crippen LogP contribution in [0.2, 0.25) is 0 Å². The van der Waals surface area contributed by atoms with Gasteiger partial charge < -0.3 is 15.0 Å². The van der Waals surface area contributed by atoms with Crippen molar-refractivity contribution in [2.75, 3.05) is 13.7 Å². The number of thiophene rings is 1. The molecule has 0 aliphatic carbocycles. The van der Waals surface area contributed by atoms with Crippen molar-refractivity contribution in [3.8, 4) is 5.75 Å². The first-order valence-corrected chi connectivity index (χ1v) is 10.3. The Hall–Kier alpha value is -2.42. The first-order chi connectivity index (χ1) is 13.3. The molecule has 1 aromatic rings. The second kappa shape index (κ2) is 8.30. The summed E-state index contributed by atoms with van der Waals surface area (Å²) in [4.78, 5) is 52.9. The Balaban J connectivity index is 1.65. The lowest BCUT2D eigenvalue weighted by atomic mass is 10.1. The van der Waals surface area contributed by atoms with Crippen LogP contribution in [0.3, 0.4) is 0 Å². The van der Waals surface area contributed by atoms with Crippen molar-refractivity contribution in [3.63, 3.8) is 0 Å². The van der Waals surface area contributed by atoms with Gasteiger partial charge in [0.05, 0.1) is 12.0 Å². The van der Waals surface area contributed by atoms with E-state index in [1.54, 1.807) is 30.4 Å². The molecule has 0 aromatic carbocycles. The fourth-order valence-corrected chi connectivity index (χ4v) is 4.60. The summed E-state index contributed by atoms with van der Waals surface area (Å²) >= 11 is 1.30. The number of amides is 4. The fourth-order valence-electron chi connectivity index (χ4n) is 3.84. The third kappa shape index (κ3) is 3.89. The van der Waals surface area contributed by atoms with Gasteiger partial charge in [0.25, 0.3) is 5.91 Å². The second-order valence-electron chi connectivity index (χ2n) is 7.18. The van der Waals surface area contributed by atoms with Gasteiger partial charge in [-0.3, -0.25) is 24.1 Å². The number of rotatable bonds is 6. The summed E-state index contributed by atoms with van der Waals surface area (Å²) in [5, 5.41) is 4.73. The molecule has 0 radical (unpaired) electrons. The lowest BCUT2D eigenvalue weighted by molar-refractivity contribution is -0.151. The van der Waals surface area contributed by atoms with E-state index in [0.717, 1.165) is 4.90 Å². The van der Waals surface area contributed by atoms with Gasteiger partial charge in [-0.2, -0.15) is 0 Å². The third-order valence-electron chi connectivity index (χ3n) is 5.30. The van der Waals surface area contributed by atoms with E-state index >= 15 is 0 Å². The molecule has 3 heterocycles. The number of methoxy groups -OCH3 is 1. The van der Waals surface area contributed by atoms with E-state index in [-0.39, 0.29) is 48.6 Å². The van der Waals surface area contributed by atoms with Crippen LogP contribution in [-0.4, -0.2) is 65.2 Å². The van der Waals surface area contributed by atoms with Crippen LogP contribution >= 0.6 is 11.3 Å². The molecule has 1 aromatic heterocycles. The third-order valence-corrected chi connectivity index (χ3v) is 6.21. The molecule has 2 aliphatic rings. The molecule has 28 heavy (non-hydrogen) atoms. The van der Waals surface area contributed by atoms with Crippen LogP contribution < -0.4 is 10.1 Å². The van der Waals surface area contributed by atoms with E-state index in [1.165, 1.54) is 11.3 Å². The van der Waals surface area contributed by atoms with E-state index in [1.807, 2.05) is 6.92 Å². The number of nitrogens with zero attached hydrogens (tertiary/aromatic N) is 2. The monoisotopic (exact) mass is 407 g/mol. The molecule has 8 nitrogen and oxygen atoms in total. The molecule has 4 amide bonds. The van der Waals surface area contributed by atoms with Crippen molar-refractivity contribution in [2.24, 2.45) is 0 Å². The summed E-state index contributed by atoms with van der Waals surface area (Å²) in [5.74, 6) is -0.357. The van der Waals surface area contributed by atoms with Crippen LogP contribution in [0.25, 0.3) is 0 Å². The van der Waals surface area contributed by atoms with Crippen LogP contribution in [-0.2, 0) is 14.4 Å². The van der Waals surface area contributed by atoms with Crippen LogP contribution in [0.1, 0.15) is 49.2 Å². The number of hydrogen-bond acceptors (Lipinski definition) is 6. The van der Waals surface area contributed by atoms with Crippen LogP contribution in [0, 0.1) is 0 Å². The zero-order valence-electron chi connectivity index (χ0n) is 16.3. The van der Waals surface area contributed by atoms with Crippen molar-refractivity contribution < 1.29 is 23.9 Å². The Morgan fingerprint density at radius 3 is 2.57 bits per heavy atom. The number of ether oxygens (including phenoxy) is 1. The zero-order valence-corrected chi connectivity index (χ0v) is 17.1. The maximum atomic E-state index is 13.1. The van der Waals surface area contributed by atoms with E-state index < -0.39 is 6.04 Å². The van der Waals surface area contributed by atoms with Gasteiger partial charge in [-0.05, 0) is 19.8 Å². The molecule has 9 heteroatoms. The molecule has 3 rings (SSSR count). The molecule has 2 fully saturated rings. The van der Waals surface area contributed by atoms with Crippen molar-refractivity contribution >= 4 is 35.0 Å². The summed E-state index contributed by atoms with van der Waals surface area (Å²) in [6.45, 7) is 4.07. The van der Waals surface area contributed by atoms with Gasteiger partial charge in [-0.1, -0.05) is 6.92 Å². The summed E-state index contributed by atoms with van der Waals surface area (Å²) in [6.07, 6.45) is 1.34. The topological polar surface area (TPSA) is 96.0 Å². The number of carbonyl (C=O) groups excluding carboxylic acids is 4. The minimum atomic E-state index is -0.763. The number of hydrogen-bond donors (Lipinski definition) is 1. The van der Waals surface area contributed by atoms with E-state index in [9.17, 15) is 19.2 Å². The minimum absolute atomic E-state index is 0.0856. The number of likely N-dealkylation sites (tertiary alicyclic amines) is 2. The molecular weight excluding hydrogens is 382 g/mol. The number of imide groups is 1. The Morgan fingerprint density at radius 2 is 2.00 bits per heavy atom. The van der Waals surface area contributed by atoms with E-state index in [2.05, 4.69) is 5.32 Å². The van der Waals surface area contributed by atoms with Gasteiger partial charge in [0.15, 0.2) is 0 Å². The molecule has 2 aliphatic heterocycles. The first kappa shape index (κ1) is 20.3. The van der Waals surface area contributed by atoms with Crippen molar-refractivity contribution in [3.05, 3.63) is 16.3 Å². The van der Waals surface area contributed by atoms with Gasteiger partial charge in [0.2, 0.25) is 17.7 Å². The van der Waals surface area contributed by atoms with Gasteiger partial charge >= 0.3 is 0 Å². The fraction of sp³-hybridized carbons (Fsp3) is 0.579. The SMILES string of the molecule is CCC(C(=O)N1CC(NC(=O)c2cc(OC)cs2)CC1C)N1C(=O)CCC1=O. The number of nitrogens with one attached hydrogen (secondary N) is 1. The lowest BCUT2D eigenvalue weighted by Gasteiger charge is -2.30. The van der Waals surface area contributed by atoms with Gasteiger partial charge in [0, 0.05) is 42.9 Å². The highest BCUT2D eigenvalue weighted by Crippen LogP contribution is 2.25. The van der Waals surface area contributed by atoms with E-state index in [4.69, 9.17) is 4.74 Å². The van der Waals surface area contributed by atoms with Crippen molar-refractivity contribution in [1.82, 2.24) is 15.1 Å². The summed E-state index contributed by atoms with van der Waals surface area (Å²) in [6, 6.07) is 0.652. The van der Waals surface area contributed by atoms with Crippen molar-refractivity contribution in [2.45, 2.75) is 57.7 Å². The van der Waals surface area contributed by atoms with E-state index in [0.29, 0.717) is 30.0 Å². The minimum Gasteiger partial charge on any atom is -0.496 e. The van der Waals surface area contributed by atoms with Gasteiger partial charge in [-0.25, -0.2) is 0 Å². The highest BCUT2D eigenvalue weighted by atomic mass is 32.1. The molecule has 3 atom stereocenters. The van der Waals surface area contributed by atoms with Gasteiger partial charge in [-0.15, -0.1) is 11.3 Å². The molecule has 3 unspecified atom stereocenters. The Labute approximate surface area is 167 Å². The normalized spacial score (nSPS) is 23.2. The zero-order chi connectivity index (χ0) is 20.4. The molecule has 152 valence electrons. The summed E-state index contributed by atoms with van der Waals surface area (Å²) in [5.41, 5.74) is 0. The second-order valence-corrected chi connectivity index (χ2v) is 8.09. The summed E-state index contributed by atoms with van der Waals surface area (Å²) in [7, 11) is 1.55. The maximum absolute atomic E-state index is 13.1. The standard InChI is InChI=1S/C19H25N3O5S/c1-4-14(22-16(23)5-6-17(22)24)19(26)21-9-12(7-11(21)2)20-18(25)15-8-13(27-3)10-28-15/h8,10-12,14H,4-7,9H2,1-3H3,(H,20,25). The Bertz CT molecular complexity index is 776. The Kier molecular flexibility index (Phi) is 6.02. The molecule has 0 saturated carbocycles. The highest BCUT2D eigenvalue weighted by molar-refractivity contribution is 7.12. The molecule has 2 saturated heterocycles. The molecule has 1 N–H and O–H groups in total. The average molecular weight is 407 g/mol. The predicted octanol–water partition coefficient (Wildman–Crippen LogP) is 1.40. The quantitative estimate of drug-likeness (QED) is 0.719. The first-order valence-electron chi connectivity index (χ1n) is 9.44. The highest BCUT2D eigenvalue weighted by Gasteiger charge is 2.42. The predicted molar refractivity (Wildman–Crippen MR) is 103 cm³/mol. The summed E-state index contributed by atoms with van der Waals surface area (Å²) < 4.78 is 5.10. The van der Waals surface area contributed by atoms with Crippen molar-refractivity contribution in [1.29, 1.82) is 0 Å². The average Bonchev–Trinajstić information content (AvgIpc) is 3.37. The van der Waals surface area contributed by atoms with Crippen LogP contribution in [0.15, 0.2) is 11.4 Å². The smallest absolute Gasteiger partial charge is 0.261 e. The van der Waals surface area contributed by atoms with Gasteiger partial charge in [0.1, 0.15) is 11.8 Å².